The number of rotatable bonds is 4. The van der Waals surface area contributed by atoms with Gasteiger partial charge in [0.15, 0.2) is 5.69 Å². The Morgan fingerprint density at radius 2 is 2.10 bits per heavy atom. The van der Waals surface area contributed by atoms with Crippen LogP contribution in [-0.2, 0) is 16.0 Å². The molecule has 0 saturated heterocycles. The molecule has 7 nitrogen and oxygen atoms in total. The number of esters is 1. The molecule has 112 valence electrons. The lowest BCUT2D eigenvalue weighted by atomic mass is 10.2. The van der Waals surface area contributed by atoms with Gasteiger partial charge in [-0.2, -0.15) is 5.10 Å². The number of carbonyl (C=O) groups is 2. The number of nitrogens with one attached hydrogen (secondary N) is 1. The standard InChI is InChI=1S/C12H18BrN3O4/c1-12(2,3)20-11(18)15-8-7-14-16(6-5-13)9(8)10(17)19-4/h7H,5-6H2,1-4H3,(H,15,18). The smallest absolute Gasteiger partial charge is 0.412 e. The largest absolute Gasteiger partial charge is 0.464 e. The van der Waals surface area contributed by atoms with E-state index in [4.69, 9.17) is 9.47 Å². The highest BCUT2D eigenvalue weighted by Gasteiger charge is 2.23. The average molecular weight is 348 g/mol. The van der Waals surface area contributed by atoms with Crippen molar-refractivity contribution in [2.75, 3.05) is 17.8 Å². The third-order valence-electron chi connectivity index (χ3n) is 2.15. The minimum Gasteiger partial charge on any atom is -0.464 e. The van der Waals surface area contributed by atoms with Gasteiger partial charge in [0.1, 0.15) is 5.60 Å². The lowest BCUT2D eigenvalue weighted by molar-refractivity contribution is 0.0588. The quantitative estimate of drug-likeness (QED) is 0.667. The molecule has 8 heteroatoms. The minimum atomic E-state index is -0.652. The van der Waals surface area contributed by atoms with E-state index in [1.807, 2.05) is 0 Å². The van der Waals surface area contributed by atoms with E-state index in [0.29, 0.717) is 11.9 Å². The monoisotopic (exact) mass is 347 g/mol. The molecule has 0 aliphatic heterocycles. The number of amides is 1. The molecule has 0 saturated carbocycles. The number of aryl methyl sites for hydroxylation is 1. The predicted molar refractivity (Wildman–Crippen MR) is 77.2 cm³/mol. The molecule has 1 N–H and O–H groups in total. The number of nitrogens with zero attached hydrogens (tertiary/aromatic N) is 2. The molecule has 1 heterocycles. The summed E-state index contributed by atoms with van der Waals surface area (Å²) in [5.74, 6) is -0.575. The van der Waals surface area contributed by atoms with E-state index in [2.05, 4.69) is 26.3 Å². The predicted octanol–water partition coefficient (Wildman–Crippen LogP) is 2.41. The van der Waals surface area contributed by atoms with Gasteiger partial charge in [-0.15, -0.1) is 0 Å². The highest BCUT2D eigenvalue weighted by Crippen LogP contribution is 2.18. The van der Waals surface area contributed by atoms with E-state index in [1.165, 1.54) is 18.0 Å². The molecule has 0 fully saturated rings. The first kappa shape index (κ1) is 16.5. The molecule has 0 bridgehead atoms. The molecule has 0 aliphatic carbocycles. The Bertz CT molecular complexity index is 493. The lowest BCUT2D eigenvalue weighted by Crippen LogP contribution is -2.27. The molecule has 1 aromatic heterocycles. The van der Waals surface area contributed by atoms with Crippen LogP contribution in [0.4, 0.5) is 10.5 Å². The molecular weight excluding hydrogens is 330 g/mol. The molecule has 1 aromatic rings. The van der Waals surface area contributed by atoms with Crippen LogP contribution in [-0.4, -0.2) is 39.9 Å². The van der Waals surface area contributed by atoms with Crippen LogP contribution < -0.4 is 5.32 Å². The topological polar surface area (TPSA) is 82.4 Å². The summed E-state index contributed by atoms with van der Waals surface area (Å²) in [5.41, 5.74) is -0.189. The van der Waals surface area contributed by atoms with Crippen molar-refractivity contribution in [2.45, 2.75) is 32.9 Å². The fraction of sp³-hybridized carbons (Fsp3) is 0.583. The summed E-state index contributed by atoms with van der Waals surface area (Å²) >= 11 is 3.27. The molecule has 1 rings (SSSR count). The molecule has 0 atom stereocenters. The second kappa shape index (κ2) is 6.74. The van der Waals surface area contributed by atoms with E-state index in [0.717, 1.165) is 0 Å². The van der Waals surface area contributed by atoms with Gasteiger partial charge in [0.05, 0.1) is 25.5 Å². The number of methoxy groups -OCH3 is 1. The zero-order valence-corrected chi connectivity index (χ0v) is 13.5. The second-order valence-electron chi connectivity index (χ2n) is 4.94. The van der Waals surface area contributed by atoms with Crippen molar-refractivity contribution in [1.82, 2.24) is 9.78 Å². The van der Waals surface area contributed by atoms with Gasteiger partial charge in [-0.25, -0.2) is 9.59 Å². The Morgan fingerprint density at radius 3 is 2.60 bits per heavy atom. The first-order valence-corrected chi connectivity index (χ1v) is 7.10. The van der Waals surface area contributed by atoms with Crippen LogP contribution >= 0.6 is 15.9 Å². The number of hydrogen-bond acceptors (Lipinski definition) is 5. The average Bonchev–Trinajstić information content (AvgIpc) is 2.69. The number of anilines is 1. The molecule has 0 aliphatic rings. The number of aromatic nitrogens is 2. The van der Waals surface area contributed by atoms with Crippen molar-refractivity contribution in [2.24, 2.45) is 0 Å². The number of hydrogen-bond donors (Lipinski definition) is 1. The van der Waals surface area contributed by atoms with Gasteiger partial charge < -0.3 is 9.47 Å². The van der Waals surface area contributed by atoms with E-state index < -0.39 is 17.7 Å². The summed E-state index contributed by atoms with van der Waals surface area (Å²) in [5, 5.41) is 7.16. The van der Waals surface area contributed by atoms with E-state index in [1.54, 1.807) is 20.8 Å². The fourth-order valence-corrected chi connectivity index (χ4v) is 1.79. The van der Waals surface area contributed by atoms with Crippen molar-refractivity contribution in [3.8, 4) is 0 Å². The van der Waals surface area contributed by atoms with E-state index in [-0.39, 0.29) is 11.4 Å². The third kappa shape index (κ3) is 4.52. The van der Waals surface area contributed by atoms with Gasteiger partial charge in [0, 0.05) is 5.33 Å². The maximum absolute atomic E-state index is 11.8. The number of alkyl halides is 1. The van der Waals surface area contributed by atoms with Crippen LogP contribution in [0.3, 0.4) is 0 Å². The first-order chi connectivity index (χ1) is 9.28. The third-order valence-corrected chi connectivity index (χ3v) is 2.50. The lowest BCUT2D eigenvalue weighted by Gasteiger charge is -2.19. The van der Waals surface area contributed by atoms with Gasteiger partial charge >= 0.3 is 12.1 Å². The van der Waals surface area contributed by atoms with Gasteiger partial charge in [0.2, 0.25) is 0 Å². The Balaban J connectivity index is 2.95. The van der Waals surface area contributed by atoms with E-state index >= 15 is 0 Å². The fourth-order valence-electron chi connectivity index (χ4n) is 1.45. The first-order valence-electron chi connectivity index (χ1n) is 5.98. The molecule has 0 unspecified atom stereocenters. The molecule has 0 aromatic carbocycles. The van der Waals surface area contributed by atoms with Crippen LogP contribution in [0.25, 0.3) is 0 Å². The zero-order chi connectivity index (χ0) is 15.3. The highest BCUT2D eigenvalue weighted by atomic mass is 79.9. The van der Waals surface area contributed by atoms with Crippen LogP contribution in [0.15, 0.2) is 6.20 Å². The van der Waals surface area contributed by atoms with Crippen molar-refractivity contribution >= 4 is 33.7 Å². The van der Waals surface area contributed by atoms with Crippen molar-refractivity contribution < 1.29 is 19.1 Å². The second-order valence-corrected chi connectivity index (χ2v) is 5.73. The van der Waals surface area contributed by atoms with Crippen LogP contribution in [0.1, 0.15) is 31.3 Å². The number of ether oxygens (including phenoxy) is 2. The van der Waals surface area contributed by atoms with Gasteiger partial charge in [-0.1, -0.05) is 15.9 Å². The minimum absolute atomic E-state index is 0.179. The molecule has 0 spiro atoms. The molecule has 1 amide bonds. The Kier molecular flexibility index (Phi) is 5.55. The van der Waals surface area contributed by atoms with Crippen molar-refractivity contribution in [1.29, 1.82) is 0 Å². The summed E-state index contributed by atoms with van der Waals surface area (Å²) in [6.07, 6.45) is 0.736. The normalized spacial score (nSPS) is 11.1. The van der Waals surface area contributed by atoms with Gasteiger partial charge in [-0.3, -0.25) is 10.00 Å². The molecular formula is C12H18BrN3O4. The van der Waals surface area contributed by atoms with Crippen LogP contribution in [0.2, 0.25) is 0 Å². The van der Waals surface area contributed by atoms with Crippen LogP contribution in [0, 0.1) is 0 Å². The van der Waals surface area contributed by atoms with E-state index in [9.17, 15) is 9.59 Å². The number of halogens is 1. The highest BCUT2D eigenvalue weighted by molar-refractivity contribution is 9.09. The summed E-state index contributed by atoms with van der Waals surface area (Å²) < 4.78 is 11.3. The van der Waals surface area contributed by atoms with Crippen molar-refractivity contribution in [3.63, 3.8) is 0 Å². The van der Waals surface area contributed by atoms with Gasteiger partial charge in [0.25, 0.3) is 0 Å². The SMILES string of the molecule is COC(=O)c1c(NC(=O)OC(C)(C)C)cnn1CCBr. The van der Waals surface area contributed by atoms with Gasteiger partial charge in [-0.05, 0) is 20.8 Å². The summed E-state index contributed by atoms with van der Waals surface area (Å²) in [4.78, 5) is 23.5. The molecule has 0 radical (unpaired) electrons. The summed E-state index contributed by atoms with van der Waals surface area (Å²) in [7, 11) is 1.27. The maximum atomic E-state index is 11.8. The maximum Gasteiger partial charge on any atom is 0.412 e. The summed E-state index contributed by atoms with van der Waals surface area (Å²) in [6, 6.07) is 0. The summed E-state index contributed by atoms with van der Waals surface area (Å²) in [6.45, 7) is 5.73. The van der Waals surface area contributed by atoms with Crippen molar-refractivity contribution in [3.05, 3.63) is 11.9 Å². The zero-order valence-electron chi connectivity index (χ0n) is 11.9. The Hall–Kier alpha value is -1.57. The Labute approximate surface area is 125 Å². The van der Waals surface area contributed by atoms with Crippen LogP contribution in [0.5, 0.6) is 0 Å². The molecule has 20 heavy (non-hydrogen) atoms. The Morgan fingerprint density at radius 1 is 1.45 bits per heavy atom. The number of carbonyl (C=O) groups excluding carboxylic acids is 2.